The molecule has 1 aliphatic carbocycles. The molecular weight excluding hydrogens is 292 g/mol. The molecule has 0 aromatic heterocycles. The first-order valence-corrected chi connectivity index (χ1v) is 8.39. The number of ether oxygens (including phenoxy) is 1. The topological polar surface area (TPSA) is 58.6 Å². The van der Waals surface area contributed by atoms with Crippen LogP contribution < -0.4 is 5.32 Å². The van der Waals surface area contributed by atoms with Gasteiger partial charge in [-0.25, -0.2) is 0 Å². The zero-order valence-corrected chi connectivity index (χ0v) is 13.8. The van der Waals surface area contributed by atoms with E-state index < -0.39 is 0 Å². The van der Waals surface area contributed by atoms with Crippen LogP contribution in [0.1, 0.15) is 38.2 Å². The van der Waals surface area contributed by atoms with Crippen molar-refractivity contribution in [2.24, 2.45) is 0 Å². The fourth-order valence-corrected chi connectivity index (χ4v) is 2.77. The Morgan fingerprint density at radius 2 is 1.91 bits per heavy atom. The highest BCUT2D eigenvalue weighted by atomic mass is 16.5. The number of rotatable bonds is 8. The second-order valence-electron chi connectivity index (χ2n) is 5.89. The molecule has 23 heavy (non-hydrogen) atoms. The van der Waals surface area contributed by atoms with Crippen LogP contribution in [0.4, 0.5) is 0 Å². The van der Waals surface area contributed by atoms with Crippen LogP contribution in [0.2, 0.25) is 0 Å². The highest BCUT2D eigenvalue weighted by Crippen LogP contribution is 2.20. The van der Waals surface area contributed by atoms with Gasteiger partial charge in [-0.3, -0.25) is 9.59 Å². The highest BCUT2D eigenvalue weighted by molar-refractivity contribution is 5.85. The number of hydrogen-bond donors (Lipinski definition) is 1. The van der Waals surface area contributed by atoms with Gasteiger partial charge >= 0.3 is 0 Å². The first kappa shape index (κ1) is 17.5. The number of likely N-dealkylation sites (N-methyl/N-ethyl adjacent to an activating group) is 1. The Labute approximate surface area is 138 Å². The fraction of sp³-hybridized carbons (Fsp3) is 0.556. The molecule has 1 fully saturated rings. The maximum atomic E-state index is 12.2. The Hall–Kier alpha value is -1.88. The molecule has 0 aliphatic heterocycles. The van der Waals surface area contributed by atoms with E-state index in [1.54, 1.807) is 4.90 Å². The van der Waals surface area contributed by atoms with Crippen molar-refractivity contribution in [2.45, 2.75) is 45.3 Å². The molecule has 0 bridgehead atoms. The minimum atomic E-state index is -0.221. The van der Waals surface area contributed by atoms with Gasteiger partial charge in [-0.15, -0.1) is 0 Å². The van der Waals surface area contributed by atoms with Crippen molar-refractivity contribution in [1.82, 2.24) is 10.2 Å². The summed E-state index contributed by atoms with van der Waals surface area (Å²) < 4.78 is 5.54. The summed E-state index contributed by atoms with van der Waals surface area (Å²) in [6.45, 7) is 3.18. The van der Waals surface area contributed by atoms with E-state index in [-0.39, 0.29) is 31.1 Å². The second-order valence-corrected chi connectivity index (χ2v) is 5.89. The van der Waals surface area contributed by atoms with Gasteiger partial charge in [0.2, 0.25) is 11.8 Å². The van der Waals surface area contributed by atoms with Gasteiger partial charge in [-0.2, -0.15) is 0 Å². The van der Waals surface area contributed by atoms with E-state index in [0.717, 1.165) is 18.4 Å². The molecule has 1 saturated carbocycles. The summed E-state index contributed by atoms with van der Waals surface area (Å²) in [5.74, 6) is -0.299. The van der Waals surface area contributed by atoms with Crippen molar-refractivity contribution in [1.29, 1.82) is 0 Å². The molecule has 5 heteroatoms. The molecule has 1 aromatic rings. The van der Waals surface area contributed by atoms with E-state index in [1.165, 1.54) is 12.8 Å². The Morgan fingerprint density at radius 1 is 1.22 bits per heavy atom. The monoisotopic (exact) mass is 318 g/mol. The molecule has 1 aromatic carbocycles. The third-order valence-corrected chi connectivity index (χ3v) is 4.14. The lowest BCUT2D eigenvalue weighted by Crippen LogP contribution is -2.41. The highest BCUT2D eigenvalue weighted by Gasteiger charge is 2.17. The van der Waals surface area contributed by atoms with E-state index in [2.05, 4.69) is 5.32 Å². The molecule has 1 aliphatic rings. The quantitative estimate of drug-likeness (QED) is 0.798. The van der Waals surface area contributed by atoms with E-state index in [0.29, 0.717) is 13.1 Å². The molecule has 0 heterocycles. The van der Waals surface area contributed by atoms with Crippen LogP contribution in [0.5, 0.6) is 0 Å². The smallest absolute Gasteiger partial charge is 0.246 e. The third kappa shape index (κ3) is 6.02. The van der Waals surface area contributed by atoms with Crippen molar-refractivity contribution in [3.63, 3.8) is 0 Å². The number of carbonyl (C=O) groups is 2. The number of hydrogen-bond acceptors (Lipinski definition) is 3. The predicted molar refractivity (Wildman–Crippen MR) is 88.8 cm³/mol. The van der Waals surface area contributed by atoms with Crippen LogP contribution in [-0.4, -0.2) is 42.5 Å². The van der Waals surface area contributed by atoms with Crippen LogP contribution >= 0.6 is 0 Å². The van der Waals surface area contributed by atoms with Gasteiger partial charge < -0.3 is 15.0 Å². The van der Waals surface area contributed by atoms with Crippen LogP contribution in [0, 0.1) is 0 Å². The molecule has 0 saturated heterocycles. The van der Waals surface area contributed by atoms with E-state index in [1.807, 2.05) is 37.3 Å². The lowest BCUT2D eigenvalue weighted by molar-refractivity contribution is -0.135. The van der Waals surface area contributed by atoms with E-state index >= 15 is 0 Å². The molecule has 0 radical (unpaired) electrons. The Morgan fingerprint density at radius 3 is 2.57 bits per heavy atom. The van der Waals surface area contributed by atoms with E-state index in [9.17, 15) is 9.59 Å². The van der Waals surface area contributed by atoms with Gasteiger partial charge in [0.15, 0.2) is 0 Å². The number of nitrogens with zero attached hydrogens (tertiary/aromatic N) is 1. The molecule has 1 N–H and O–H groups in total. The van der Waals surface area contributed by atoms with Crippen LogP contribution in [-0.2, 0) is 20.9 Å². The molecule has 0 spiro atoms. The fourth-order valence-electron chi connectivity index (χ4n) is 2.77. The number of carbonyl (C=O) groups excluding carboxylic acids is 2. The molecule has 2 amide bonds. The average Bonchev–Trinajstić information content (AvgIpc) is 3.10. The van der Waals surface area contributed by atoms with Crippen molar-refractivity contribution < 1.29 is 14.3 Å². The first-order chi connectivity index (χ1) is 11.2. The molecular formula is C18H26N2O3. The van der Waals surface area contributed by atoms with Crippen LogP contribution in [0.15, 0.2) is 30.3 Å². The Balaban J connectivity index is 1.70. The predicted octanol–water partition coefficient (Wildman–Crippen LogP) is 2.11. The summed E-state index contributed by atoms with van der Waals surface area (Å²) in [6.07, 6.45) is 4.63. The first-order valence-electron chi connectivity index (χ1n) is 8.39. The molecule has 126 valence electrons. The van der Waals surface area contributed by atoms with Crippen molar-refractivity contribution in [3.05, 3.63) is 35.9 Å². The Kier molecular flexibility index (Phi) is 7.07. The maximum Gasteiger partial charge on any atom is 0.246 e. The van der Waals surface area contributed by atoms with Gasteiger partial charge in [-0.1, -0.05) is 43.2 Å². The van der Waals surface area contributed by atoms with Gasteiger partial charge in [0, 0.05) is 13.1 Å². The summed E-state index contributed by atoms with van der Waals surface area (Å²) in [4.78, 5) is 25.7. The zero-order chi connectivity index (χ0) is 16.5. The summed E-state index contributed by atoms with van der Waals surface area (Å²) in [5, 5.41) is 2.65. The number of amides is 2. The summed E-state index contributed by atoms with van der Waals surface area (Å²) >= 11 is 0. The third-order valence-electron chi connectivity index (χ3n) is 4.14. The molecule has 0 unspecified atom stereocenters. The minimum absolute atomic E-state index is 0.0214. The van der Waals surface area contributed by atoms with E-state index in [4.69, 9.17) is 4.74 Å². The average molecular weight is 318 g/mol. The second kappa shape index (κ2) is 9.30. The molecule has 2 rings (SSSR count). The summed E-state index contributed by atoms with van der Waals surface area (Å²) in [6, 6.07) is 9.84. The maximum absolute atomic E-state index is 12.2. The lowest BCUT2D eigenvalue weighted by atomic mass is 10.2. The van der Waals surface area contributed by atoms with Gasteiger partial charge in [0.1, 0.15) is 6.61 Å². The summed E-state index contributed by atoms with van der Waals surface area (Å²) in [7, 11) is 0. The lowest BCUT2D eigenvalue weighted by Gasteiger charge is -2.21. The Bertz CT molecular complexity index is 498. The number of nitrogens with one attached hydrogen (secondary N) is 1. The van der Waals surface area contributed by atoms with Gasteiger partial charge in [0.05, 0.1) is 12.6 Å². The van der Waals surface area contributed by atoms with Crippen LogP contribution in [0.3, 0.4) is 0 Å². The number of benzene rings is 1. The summed E-state index contributed by atoms with van der Waals surface area (Å²) in [5.41, 5.74) is 1.08. The SMILES string of the molecule is CCN(Cc1ccccc1)C(=O)CNC(=O)COC1CCCC1. The normalized spacial score (nSPS) is 14.7. The molecule has 0 atom stereocenters. The van der Waals surface area contributed by atoms with Gasteiger partial charge in [0.25, 0.3) is 0 Å². The van der Waals surface area contributed by atoms with Crippen molar-refractivity contribution >= 4 is 11.8 Å². The largest absolute Gasteiger partial charge is 0.368 e. The minimum Gasteiger partial charge on any atom is -0.368 e. The van der Waals surface area contributed by atoms with Crippen molar-refractivity contribution in [3.8, 4) is 0 Å². The van der Waals surface area contributed by atoms with Gasteiger partial charge in [-0.05, 0) is 25.3 Å². The zero-order valence-electron chi connectivity index (χ0n) is 13.8. The standard InChI is InChI=1S/C18H26N2O3/c1-2-20(13-15-8-4-3-5-9-15)18(22)12-19-17(21)14-23-16-10-6-7-11-16/h3-5,8-9,16H,2,6-7,10-14H2,1H3,(H,19,21). The van der Waals surface area contributed by atoms with Crippen LogP contribution in [0.25, 0.3) is 0 Å². The molecule has 5 nitrogen and oxygen atoms in total. The van der Waals surface area contributed by atoms with Crippen molar-refractivity contribution in [2.75, 3.05) is 19.7 Å².